The summed E-state index contributed by atoms with van der Waals surface area (Å²) in [5, 5.41) is 0.380. The van der Waals surface area contributed by atoms with Crippen molar-refractivity contribution in [2.45, 2.75) is 24.6 Å². The molecule has 5 rings (SSSR count). The Hall–Kier alpha value is -3.01. The molecule has 3 amide bonds. The third-order valence-electron chi connectivity index (χ3n) is 7.59. The Morgan fingerprint density at radius 3 is 2.30 bits per heavy atom. The second-order valence-electron chi connectivity index (χ2n) is 9.86. The number of ether oxygens (including phenoxy) is 1. The van der Waals surface area contributed by atoms with Crippen molar-refractivity contribution in [1.29, 1.82) is 0 Å². The van der Waals surface area contributed by atoms with E-state index in [4.69, 9.17) is 16.3 Å². The van der Waals surface area contributed by atoms with Crippen molar-refractivity contribution in [2.75, 3.05) is 52.9 Å². The first-order valence-corrected chi connectivity index (χ1v) is 12.9. The summed E-state index contributed by atoms with van der Waals surface area (Å²) in [6, 6.07) is 11.6. The van der Waals surface area contributed by atoms with E-state index >= 15 is 0 Å². The maximum atomic E-state index is 14.0. The number of likely N-dealkylation sites (N-methyl/N-ethyl adjacent to an activating group) is 1. The van der Waals surface area contributed by atoms with Gasteiger partial charge in [-0.05, 0) is 37.4 Å². The van der Waals surface area contributed by atoms with Crippen molar-refractivity contribution < 1.29 is 23.5 Å². The van der Waals surface area contributed by atoms with Crippen LogP contribution in [0.25, 0.3) is 0 Å². The molecule has 3 fully saturated rings. The molecular formula is C27H30ClFN4O4. The Bertz CT molecular complexity index is 1190. The topological polar surface area (TPSA) is 73.4 Å². The number of carbonyl (C=O) groups excluding carboxylic acids is 3. The SMILES string of the molecule is CN1CCN(C(=O)[C@H]2COC3(CCN(C(=O)c4ccccc4Cl)CC3)N2C(=O)c2cccc(F)c2)CC1. The summed E-state index contributed by atoms with van der Waals surface area (Å²) in [5.74, 6) is -1.33. The Balaban J connectivity index is 1.40. The zero-order valence-corrected chi connectivity index (χ0v) is 21.5. The Labute approximate surface area is 220 Å². The molecule has 0 radical (unpaired) electrons. The lowest BCUT2D eigenvalue weighted by molar-refractivity contribution is -0.139. The van der Waals surface area contributed by atoms with Crippen LogP contribution in [0.4, 0.5) is 4.39 Å². The summed E-state index contributed by atoms with van der Waals surface area (Å²) >= 11 is 6.24. The van der Waals surface area contributed by atoms with Gasteiger partial charge in [0.1, 0.15) is 17.6 Å². The number of piperazine rings is 1. The molecule has 2 aromatic rings. The number of amides is 3. The molecule has 0 unspecified atom stereocenters. The summed E-state index contributed by atoms with van der Waals surface area (Å²) in [4.78, 5) is 47.7. The summed E-state index contributed by atoms with van der Waals surface area (Å²) in [5.41, 5.74) is -0.480. The highest BCUT2D eigenvalue weighted by Crippen LogP contribution is 2.39. The van der Waals surface area contributed by atoms with Gasteiger partial charge < -0.3 is 19.4 Å². The summed E-state index contributed by atoms with van der Waals surface area (Å²) < 4.78 is 20.3. The van der Waals surface area contributed by atoms with Gasteiger partial charge in [-0.2, -0.15) is 0 Å². The van der Waals surface area contributed by atoms with Gasteiger partial charge in [-0.25, -0.2) is 4.39 Å². The van der Waals surface area contributed by atoms with Crippen LogP contribution in [0.3, 0.4) is 0 Å². The molecule has 8 nitrogen and oxygen atoms in total. The van der Waals surface area contributed by atoms with Crippen LogP contribution in [0.15, 0.2) is 48.5 Å². The maximum absolute atomic E-state index is 14.0. The largest absolute Gasteiger partial charge is 0.353 e. The van der Waals surface area contributed by atoms with Crippen LogP contribution < -0.4 is 0 Å². The molecule has 1 spiro atoms. The molecule has 196 valence electrons. The standard InChI is InChI=1S/C27H30ClFN4O4/c1-30-13-15-32(16-14-30)26(36)23-18-37-27(33(23)24(34)19-5-4-6-20(29)17-19)9-11-31(12-10-27)25(35)21-7-2-3-8-22(21)28/h2-8,17,23H,9-16,18H2,1H3/t23-/m1/s1. The molecule has 3 aliphatic rings. The van der Waals surface area contributed by atoms with Crippen molar-refractivity contribution in [3.05, 3.63) is 70.5 Å². The van der Waals surface area contributed by atoms with Gasteiger partial charge in [-0.15, -0.1) is 0 Å². The van der Waals surface area contributed by atoms with Crippen molar-refractivity contribution >= 4 is 29.3 Å². The predicted octanol–water partition coefficient (Wildman–Crippen LogP) is 2.73. The molecule has 0 N–H and O–H groups in total. The van der Waals surface area contributed by atoms with Gasteiger partial charge in [0, 0.05) is 57.7 Å². The molecule has 0 aliphatic carbocycles. The zero-order chi connectivity index (χ0) is 26.2. The van der Waals surface area contributed by atoms with Crippen LogP contribution in [0.1, 0.15) is 33.6 Å². The van der Waals surface area contributed by atoms with Crippen LogP contribution in [0, 0.1) is 5.82 Å². The highest BCUT2D eigenvalue weighted by Gasteiger charge is 2.55. The number of likely N-dealkylation sites (tertiary alicyclic amines) is 1. The van der Waals surface area contributed by atoms with Crippen molar-refractivity contribution in [1.82, 2.24) is 19.6 Å². The average Bonchev–Trinajstić information content (AvgIpc) is 3.27. The van der Waals surface area contributed by atoms with E-state index in [0.717, 1.165) is 13.1 Å². The van der Waals surface area contributed by atoms with Gasteiger partial charge in [-0.1, -0.05) is 29.8 Å². The smallest absolute Gasteiger partial charge is 0.256 e. The minimum Gasteiger partial charge on any atom is -0.353 e. The number of rotatable bonds is 3. The molecule has 0 bridgehead atoms. The van der Waals surface area contributed by atoms with Crippen LogP contribution >= 0.6 is 11.6 Å². The second-order valence-corrected chi connectivity index (χ2v) is 10.3. The van der Waals surface area contributed by atoms with E-state index < -0.39 is 23.5 Å². The van der Waals surface area contributed by atoms with Crippen molar-refractivity contribution in [3.8, 4) is 0 Å². The number of halogens is 2. The van der Waals surface area contributed by atoms with E-state index in [1.807, 2.05) is 7.05 Å². The minimum absolute atomic E-state index is 0.0602. The van der Waals surface area contributed by atoms with E-state index in [0.29, 0.717) is 49.6 Å². The van der Waals surface area contributed by atoms with Gasteiger partial charge in [0.05, 0.1) is 17.2 Å². The summed E-state index contributed by atoms with van der Waals surface area (Å²) in [6.07, 6.45) is 0.660. The molecular weight excluding hydrogens is 499 g/mol. The Morgan fingerprint density at radius 1 is 0.919 bits per heavy atom. The maximum Gasteiger partial charge on any atom is 0.256 e. The fourth-order valence-electron chi connectivity index (χ4n) is 5.42. The lowest BCUT2D eigenvalue weighted by atomic mass is 9.96. The van der Waals surface area contributed by atoms with Gasteiger partial charge in [0.15, 0.2) is 0 Å². The van der Waals surface area contributed by atoms with Gasteiger partial charge in [0.2, 0.25) is 5.91 Å². The molecule has 2 aromatic carbocycles. The monoisotopic (exact) mass is 528 g/mol. The lowest BCUT2D eigenvalue weighted by Crippen LogP contribution is -2.61. The van der Waals surface area contributed by atoms with Crippen LogP contribution in [-0.2, 0) is 9.53 Å². The van der Waals surface area contributed by atoms with E-state index in [9.17, 15) is 18.8 Å². The molecule has 1 atom stereocenters. The first-order valence-electron chi connectivity index (χ1n) is 12.5. The second kappa shape index (κ2) is 10.4. The minimum atomic E-state index is -1.06. The molecule has 3 aliphatic heterocycles. The highest BCUT2D eigenvalue weighted by atomic mass is 35.5. The van der Waals surface area contributed by atoms with Crippen LogP contribution in [0.5, 0.6) is 0 Å². The summed E-state index contributed by atoms with van der Waals surface area (Å²) in [7, 11) is 2.01. The normalized spacial score (nSPS) is 21.9. The summed E-state index contributed by atoms with van der Waals surface area (Å²) in [6.45, 7) is 3.36. The van der Waals surface area contributed by atoms with E-state index in [-0.39, 0.29) is 24.0 Å². The zero-order valence-electron chi connectivity index (χ0n) is 20.7. The highest BCUT2D eigenvalue weighted by molar-refractivity contribution is 6.33. The molecule has 0 saturated carbocycles. The molecule has 0 aromatic heterocycles. The third kappa shape index (κ3) is 4.95. The van der Waals surface area contributed by atoms with Crippen molar-refractivity contribution in [3.63, 3.8) is 0 Å². The van der Waals surface area contributed by atoms with Crippen LogP contribution in [-0.4, -0.2) is 102 Å². The Kier molecular flexibility index (Phi) is 7.20. The van der Waals surface area contributed by atoms with Crippen molar-refractivity contribution in [2.24, 2.45) is 0 Å². The number of hydrogen-bond acceptors (Lipinski definition) is 5. The number of carbonyl (C=O) groups is 3. The predicted molar refractivity (Wildman–Crippen MR) is 136 cm³/mol. The number of benzene rings is 2. The van der Waals surface area contributed by atoms with Crippen LogP contribution in [0.2, 0.25) is 5.02 Å². The molecule has 3 saturated heterocycles. The van der Waals surface area contributed by atoms with Gasteiger partial charge in [-0.3, -0.25) is 19.3 Å². The number of piperidine rings is 1. The first-order chi connectivity index (χ1) is 17.8. The average molecular weight is 529 g/mol. The molecule has 3 heterocycles. The fourth-order valence-corrected chi connectivity index (χ4v) is 5.63. The van der Waals surface area contributed by atoms with E-state index in [2.05, 4.69) is 4.90 Å². The van der Waals surface area contributed by atoms with Gasteiger partial charge in [0.25, 0.3) is 11.8 Å². The fraction of sp³-hybridized carbons (Fsp3) is 0.444. The molecule has 10 heteroatoms. The first kappa shape index (κ1) is 25.6. The third-order valence-corrected chi connectivity index (χ3v) is 7.92. The van der Waals surface area contributed by atoms with Gasteiger partial charge >= 0.3 is 0 Å². The van der Waals surface area contributed by atoms with E-state index in [1.165, 1.54) is 23.1 Å². The lowest BCUT2D eigenvalue weighted by Gasteiger charge is -2.45. The number of nitrogens with zero attached hydrogens (tertiary/aromatic N) is 4. The van der Waals surface area contributed by atoms with E-state index in [1.54, 1.807) is 40.1 Å². The number of hydrogen-bond donors (Lipinski definition) is 0. The quantitative estimate of drug-likeness (QED) is 0.612. The Morgan fingerprint density at radius 2 is 1.62 bits per heavy atom. The molecule has 37 heavy (non-hydrogen) atoms.